The summed E-state index contributed by atoms with van der Waals surface area (Å²) >= 11 is 0. The van der Waals surface area contributed by atoms with Crippen LogP contribution >= 0.6 is 0 Å². The number of nitrogens with zero attached hydrogens (tertiary/aromatic N) is 4. The van der Waals surface area contributed by atoms with E-state index in [1.54, 1.807) is 0 Å². The minimum Gasteiger partial charge on any atom is -0.380 e. The third-order valence-corrected chi connectivity index (χ3v) is 7.09. The number of aryl methyl sites for hydroxylation is 2. The van der Waals surface area contributed by atoms with E-state index in [9.17, 15) is 0 Å². The molecule has 0 bridgehead atoms. The van der Waals surface area contributed by atoms with E-state index in [4.69, 9.17) is 10.1 Å². The fraction of sp³-hybridized carbons (Fsp3) is 0.448. The molecule has 1 aromatic heterocycles. The second kappa shape index (κ2) is 10.2. The van der Waals surface area contributed by atoms with Gasteiger partial charge >= 0.3 is 0 Å². The van der Waals surface area contributed by atoms with Gasteiger partial charge in [-0.15, -0.1) is 0 Å². The van der Waals surface area contributed by atoms with Crippen LogP contribution in [0.2, 0.25) is 0 Å². The summed E-state index contributed by atoms with van der Waals surface area (Å²) in [6.45, 7) is 10.7. The number of hydrogen-bond donors (Lipinski definition) is 2. The number of aromatic nitrogens is 2. The van der Waals surface area contributed by atoms with Gasteiger partial charge in [0, 0.05) is 44.0 Å². The summed E-state index contributed by atoms with van der Waals surface area (Å²) in [6, 6.07) is 21.8. The maximum Gasteiger partial charge on any atom is 0.151 e. The molecule has 2 atom stereocenters. The molecule has 184 valence electrons. The van der Waals surface area contributed by atoms with Gasteiger partial charge in [-0.25, -0.2) is 0 Å². The molecule has 0 radical (unpaired) electrons. The molecule has 2 aromatic carbocycles. The first-order chi connectivity index (χ1) is 16.9. The first-order valence-corrected chi connectivity index (χ1v) is 12.9. The third-order valence-electron chi connectivity index (χ3n) is 7.09. The zero-order chi connectivity index (χ0) is 24.3. The molecule has 0 saturated carbocycles. The Kier molecular flexibility index (Phi) is 6.91. The maximum absolute atomic E-state index is 5.24. The van der Waals surface area contributed by atoms with Crippen LogP contribution in [0.4, 0.5) is 5.69 Å². The number of rotatable bonds is 6. The third kappa shape index (κ3) is 5.93. The van der Waals surface area contributed by atoms with Crippen molar-refractivity contribution in [3.05, 3.63) is 83.7 Å². The van der Waals surface area contributed by atoms with Crippen molar-refractivity contribution in [3.8, 4) is 0 Å². The molecule has 1 fully saturated rings. The van der Waals surface area contributed by atoms with Gasteiger partial charge in [0.1, 0.15) is 0 Å². The van der Waals surface area contributed by atoms with Crippen molar-refractivity contribution in [1.82, 2.24) is 20.0 Å². The Balaban J connectivity index is 1.36. The number of fused-ring (bicyclic) bond motifs is 1. The van der Waals surface area contributed by atoms with E-state index in [-0.39, 0.29) is 11.6 Å². The summed E-state index contributed by atoms with van der Waals surface area (Å²) in [5.41, 5.74) is 4.85. The van der Waals surface area contributed by atoms with E-state index < -0.39 is 0 Å². The number of anilines is 1. The fourth-order valence-electron chi connectivity index (χ4n) is 5.04. The highest BCUT2D eigenvalue weighted by Crippen LogP contribution is 2.24. The Morgan fingerprint density at radius 3 is 2.40 bits per heavy atom. The number of nitrogens with one attached hydrogen (secondary N) is 2. The van der Waals surface area contributed by atoms with Crippen LogP contribution in [-0.2, 0) is 19.4 Å². The first kappa shape index (κ1) is 23.6. The molecule has 0 unspecified atom stereocenters. The van der Waals surface area contributed by atoms with Crippen LogP contribution in [-0.4, -0.2) is 57.8 Å². The Labute approximate surface area is 209 Å². The predicted octanol–water partition coefficient (Wildman–Crippen LogP) is 4.37. The quantitative estimate of drug-likeness (QED) is 0.562. The molecule has 0 spiro atoms. The van der Waals surface area contributed by atoms with Crippen molar-refractivity contribution in [2.75, 3.05) is 25.0 Å². The average Bonchev–Trinajstić information content (AvgIpc) is 3.46. The molecule has 5 rings (SSSR count). The number of hydrogen-bond acceptors (Lipinski definition) is 5. The molecule has 1 saturated heterocycles. The highest BCUT2D eigenvalue weighted by molar-refractivity contribution is 6.02. The number of amidine groups is 1. The van der Waals surface area contributed by atoms with Crippen molar-refractivity contribution in [2.24, 2.45) is 4.99 Å². The summed E-state index contributed by atoms with van der Waals surface area (Å²) in [7, 11) is 0. The van der Waals surface area contributed by atoms with Crippen molar-refractivity contribution in [1.29, 1.82) is 0 Å². The lowest BCUT2D eigenvalue weighted by Crippen LogP contribution is -2.43. The van der Waals surface area contributed by atoms with Crippen molar-refractivity contribution >= 4 is 11.5 Å². The molecule has 0 aliphatic carbocycles. The average molecular weight is 471 g/mol. The Morgan fingerprint density at radius 1 is 1.00 bits per heavy atom. The summed E-state index contributed by atoms with van der Waals surface area (Å²) in [4.78, 5) is 7.80. The summed E-state index contributed by atoms with van der Waals surface area (Å²) in [6.07, 6.45) is 5.14. The zero-order valence-electron chi connectivity index (χ0n) is 21.2. The molecule has 2 N–H and O–H groups in total. The maximum atomic E-state index is 5.24. The van der Waals surface area contributed by atoms with E-state index in [1.807, 2.05) is 0 Å². The second-order valence-electron chi connectivity index (χ2n) is 10.8. The van der Waals surface area contributed by atoms with E-state index in [2.05, 4.69) is 108 Å². The molecular weight excluding hydrogens is 432 g/mol. The Hall–Kier alpha value is -3.12. The first-order valence-electron chi connectivity index (χ1n) is 12.9. The van der Waals surface area contributed by atoms with Gasteiger partial charge in [0.2, 0.25) is 0 Å². The van der Waals surface area contributed by atoms with Gasteiger partial charge in [0.05, 0.1) is 11.7 Å². The van der Waals surface area contributed by atoms with Crippen molar-refractivity contribution in [2.45, 2.75) is 64.2 Å². The SMILES string of the molecule is CC(C)(C)N1CC[C@H](NC2=N[C@H](Cc3ccccc3)CNc3cn(CCc4ccccc4)nc32)C1. The largest absolute Gasteiger partial charge is 0.380 e. The van der Waals surface area contributed by atoms with Crippen LogP contribution in [0.25, 0.3) is 0 Å². The number of benzene rings is 2. The minimum absolute atomic E-state index is 0.159. The molecular formula is C29H38N6. The summed E-state index contributed by atoms with van der Waals surface area (Å²) < 4.78 is 2.06. The topological polar surface area (TPSA) is 57.5 Å². The van der Waals surface area contributed by atoms with Crippen LogP contribution in [0.3, 0.4) is 0 Å². The van der Waals surface area contributed by atoms with Crippen LogP contribution in [0.15, 0.2) is 71.9 Å². The molecule has 2 aliphatic heterocycles. The monoisotopic (exact) mass is 470 g/mol. The molecule has 3 heterocycles. The van der Waals surface area contributed by atoms with Gasteiger partial charge in [-0.3, -0.25) is 14.6 Å². The van der Waals surface area contributed by atoms with E-state index in [1.165, 1.54) is 11.1 Å². The van der Waals surface area contributed by atoms with Crippen molar-refractivity contribution in [3.63, 3.8) is 0 Å². The Bertz CT molecular complexity index is 1130. The minimum atomic E-state index is 0.159. The lowest BCUT2D eigenvalue weighted by atomic mass is 10.1. The van der Waals surface area contributed by atoms with Gasteiger partial charge in [-0.1, -0.05) is 60.7 Å². The standard InChI is InChI=1S/C29H38N6/c1-29(2,3)34-16-15-24(20-34)31-28-27-26(21-35(33-27)17-14-22-10-6-4-7-11-22)30-19-25(32-28)18-23-12-8-5-9-13-23/h4-13,21,24-25,30H,14-20H2,1-3H3,(H,31,32)/t24-,25+/m0/s1. The second-order valence-corrected chi connectivity index (χ2v) is 10.8. The fourth-order valence-corrected chi connectivity index (χ4v) is 5.04. The molecule has 35 heavy (non-hydrogen) atoms. The Morgan fingerprint density at radius 2 is 1.71 bits per heavy atom. The molecule has 6 heteroatoms. The molecule has 3 aromatic rings. The van der Waals surface area contributed by atoms with Gasteiger partial charge < -0.3 is 10.6 Å². The van der Waals surface area contributed by atoms with E-state index in [0.29, 0.717) is 6.04 Å². The van der Waals surface area contributed by atoms with Gasteiger partial charge in [0.15, 0.2) is 11.5 Å². The van der Waals surface area contributed by atoms with E-state index >= 15 is 0 Å². The van der Waals surface area contributed by atoms with E-state index in [0.717, 1.165) is 62.7 Å². The van der Waals surface area contributed by atoms with Crippen LogP contribution in [0.1, 0.15) is 44.0 Å². The highest BCUT2D eigenvalue weighted by Gasteiger charge is 2.32. The molecule has 0 amide bonds. The van der Waals surface area contributed by atoms with Gasteiger partial charge in [-0.05, 0) is 51.2 Å². The van der Waals surface area contributed by atoms with Crippen LogP contribution in [0.5, 0.6) is 0 Å². The van der Waals surface area contributed by atoms with Gasteiger partial charge in [-0.2, -0.15) is 5.10 Å². The molecule has 2 aliphatic rings. The smallest absolute Gasteiger partial charge is 0.151 e. The number of likely N-dealkylation sites (tertiary alicyclic amines) is 1. The number of aliphatic imine (C=N–C) groups is 1. The summed E-state index contributed by atoms with van der Waals surface area (Å²) in [5.74, 6) is 0.935. The lowest BCUT2D eigenvalue weighted by Gasteiger charge is -2.31. The molecule has 6 nitrogen and oxygen atoms in total. The summed E-state index contributed by atoms with van der Waals surface area (Å²) in [5, 5.41) is 12.5. The predicted molar refractivity (Wildman–Crippen MR) is 144 cm³/mol. The normalized spacial score (nSPS) is 20.6. The zero-order valence-corrected chi connectivity index (χ0v) is 21.2. The van der Waals surface area contributed by atoms with Crippen LogP contribution < -0.4 is 10.6 Å². The van der Waals surface area contributed by atoms with Crippen LogP contribution in [0, 0.1) is 0 Å². The van der Waals surface area contributed by atoms with Gasteiger partial charge in [0.25, 0.3) is 0 Å². The highest BCUT2D eigenvalue weighted by atomic mass is 15.3. The van der Waals surface area contributed by atoms with Crippen molar-refractivity contribution < 1.29 is 0 Å². The lowest BCUT2D eigenvalue weighted by molar-refractivity contribution is 0.172.